The summed E-state index contributed by atoms with van der Waals surface area (Å²) in [6.07, 6.45) is -0.301. The van der Waals surface area contributed by atoms with E-state index in [1.54, 1.807) is 20.8 Å². The third-order valence-electron chi connectivity index (χ3n) is 6.00. The standard InChI is InChI=1S/C30H41N5O7/c1-19(2)16-24(27(37)32-20(3)26(36)31-18-22-12-14-23(15-13-22)35(40)41)33-28(38)25(17-21-10-8-7-9-11-21)34-29(39)42-30(4,5)6/h7-15,19-20,24-25H,16-18H2,1-6H3,(H,31,36)(H,32,37)(H,33,38)(H,34,39)/t20-,24-,25?/m0/s1. The largest absolute Gasteiger partial charge is 0.444 e. The van der Waals surface area contributed by atoms with Gasteiger partial charge in [-0.15, -0.1) is 0 Å². The molecule has 0 aromatic heterocycles. The van der Waals surface area contributed by atoms with Gasteiger partial charge in [0.2, 0.25) is 17.7 Å². The van der Waals surface area contributed by atoms with Crippen LogP contribution in [0.1, 0.15) is 59.1 Å². The Morgan fingerprint density at radius 1 is 0.810 bits per heavy atom. The first-order chi connectivity index (χ1) is 19.6. The summed E-state index contributed by atoms with van der Waals surface area (Å²) in [5.41, 5.74) is 0.625. The summed E-state index contributed by atoms with van der Waals surface area (Å²) in [6.45, 7) is 10.6. The van der Waals surface area contributed by atoms with E-state index in [4.69, 9.17) is 4.74 Å². The van der Waals surface area contributed by atoms with Gasteiger partial charge in [0.15, 0.2) is 0 Å². The minimum Gasteiger partial charge on any atom is -0.444 e. The predicted molar refractivity (Wildman–Crippen MR) is 157 cm³/mol. The molecule has 2 rings (SSSR count). The van der Waals surface area contributed by atoms with Crippen LogP contribution in [-0.2, 0) is 32.1 Å². The summed E-state index contributed by atoms with van der Waals surface area (Å²) < 4.78 is 5.34. The normalized spacial score (nSPS) is 13.3. The fourth-order valence-electron chi connectivity index (χ4n) is 3.94. The number of alkyl carbamates (subject to hydrolysis) is 1. The molecule has 12 nitrogen and oxygen atoms in total. The van der Waals surface area contributed by atoms with Crippen LogP contribution in [-0.4, -0.2) is 52.5 Å². The zero-order chi connectivity index (χ0) is 31.4. The second-order valence-corrected chi connectivity index (χ2v) is 11.5. The van der Waals surface area contributed by atoms with E-state index in [9.17, 15) is 29.3 Å². The fraction of sp³-hybridized carbons (Fsp3) is 0.467. The number of carbonyl (C=O) groups excluding carboxylic acids is 4. The molecule has 0 aliphatic heterocycles. The average molecular weight is 584 g/mol. The van der Waals surface area contributed by atoms with Crippen LogP contribution < -0.4 is 21.3 Å². The second kappa shape index (κ2) is 15.5. The molecule has 0 aliphatic rings. The van der Waals surface area contributed by atoms with Gasteiger partial charge in [0.05, 0.1) is 4.92 Å². The smallest absolute Gasteiger partial charge is 0.408 e. The lowest BCUT2D eigenvalue weighted by Gasteiger charge is -2.26. The lowest BCUT2D eigenvalue weighted by atomic mass is 10.0. The van der Waals surface area contributed by atoms with Crippen molar-refractivity contribution in [2.75, 3.05) is 0 Å². The molecule has 1 unspecified atom stereocenters. The number of non-ortho nitro benzene ring substituents is 1. The van der Waals surface area contributed by atoms with E-state index in [1.165, 1.54) is 31.2 Å². The van der Waals surface area contributed by atoms with Crippen LogP contribution in [0.4, 0.5) is 10.5 Å². The number of amides is 4. The zero-order valence-corrected chi connectivity index (χ0v) is 24.9. The number of rotatable bonds is 13. The Morgan fingerprint density at radius 3 is 1.95 bits per heavy atom. The first-order valence-electron chi connectivity index (χ1n) is 13.8. The second-order valence-electron chi connectivity index (χ2n) is 11.5. The lowest BCUT2D eigenvalue weighted by Crippen LogP contribution is -2.57. The average Bonchev–Trinajstić information content (AvgIpc) is 2.90. The quantitative estimate of drug-likeness (QED) is 0.207. The van der Waals surface area contributed by atoms with Gasteiger partial charge in [-0.25, -0.2) is 4.79 Å². The Balaban J connectivity index is 2.07. The number of benzene rings is 2. The Bertz CT molecular complexity index is 1230. The minimum atomic E-state index is -1.02. The van der Waals surface area contributed by atoms with Crippen LogP contribution in [0.3, 0.4) is 0 Å². The molecular formula is C30H41N5O7. The summed E-state index contributed by atoms with van der Waals surface area (Å²) in [6, 6.07) is 12.0. The van der Waals surface area contributed by atoms with Crippen LogP contribution in [0, 0.1) is 16.0 Å². The molecule has 228 valence electrons. The number of nitrogens with zero attached hydrogens (tertiary/aromatic N) is 1. The maximum atomic E-state index is 13.4. The Labute approximate surface area is 246 Å². The van der Waals surface area contributed by atoms with Crippen molar-refractivity contribution in [1.29, 1.82) is 0 Å². The van der Waals surface area contributed by atoms with Crippen LogP contribution in [0.2, 0.25) is 0 Å². The summed E-state index contributed by atoms with van der Waals surface area (Å²) in [7, 11) is 0. The van der Waals surface area contributed by atoms with Crippen molar-refractivity contribution in [3.63, 3.8) is 0 Å². The van der Waals surface area contributed by atoms with Gasteiger partial charge in [0.25, 0.3) is 5.69 Å². The van der Waals surface area contributed by atoms with Crippen molar-refractivity contribution in [3.05, 3.63) is 75.8 Å². The number of nitro groups is 1. The molecule has 3 atom stereocenters. The number of nitro benzene ring substituents is 1. The molecule has 4 amide bonds. The topological polar surface area (TPSA) is 169 Å². The molecule has 0 fully saturated rings. The van der Waals surface area contributed by atoms with E-state index >= 15 is 0 Å². The zero-order valence-electron chi connectivity index (χ0n) is 24.9. The first-order valence-corrected chi connectivity index (χ1v) is 13.8. The highest BCUT2D eigenvalue weighted by Crippen LogP contribution is 2.13. The highest BCUT2D eigenvalue weighted by atomic mass is 16.6. The summed E-state index contributed by atoms with van der Waals surface area (Å²) in [5.74, 6) is -1.56. The number of ether oxygens (including phenoxy) is 1. The summed E-state index contributed by atoms with van der Waals surface area (Å²) >= 11 is 0. The Hall–Kier alpha value is -4.48. The van der Waals surface area contributed by atoms with E-state index in [-0.39, 0.29) is 24.6 Å². The van der Waals surface area contributed by atoms with Crippen LogP contribution in [0.15, 0.2) is 54.6 Å². The molecule has 0 bridgehead atoms. The Kier molecular flexibility index (Phi) is 12.4. The molecule has 12 heteroatoms. The molecule has 0 heterocycles. The molecule has 0 saturated heterocycles. The van der Waals surface area contributed by atoms with Crippen LogP contribution >= 0.6 is 0 Å². The van der Waals surface area contributed by atoms with E-state index in [1.807, 2.05) is 44.2 Å². The molecule has 2 aromatic rings. The van der Waals surface area contributed by atoms with E-state index in [0.29, 0.717) is 12.0 Å². The molecule has 4 N–H and O–H groups in total. The van der Waals surface area contributed by atoms with Gasteiger partial charge in [-0.05, 0) is 51.2 Å². The summed E-state index contributed by atoms with van der Waals surface area (Å²) in [5, 5.41) is 21.5. The van der Waals surface area contributed by atoms with E-state index < -0.39 is 52.5 Å². The SMILES string of the molecule is CC(C)C[C@H](NC(=O)C(Cc1ccccc1)NC(=O)OC(C)(C)C)C(=O)N[C@@H](C)C(=O)NCc1ccc([N+](=O)[O-])cc1. The Morgan fingerprint density at radius 2 is 1.40 bits per heavy atom. The first kappa shape index (κ1) is 33.7. The van der Waals surface area contributed by atoms with Crippen LogP contribution in [0.5, 0.6) is 0 Å². The van der Waals surface area contributed by atoms with Crippen molar-refractivity contribution in [2.24, 2.45) is 5.92 Å². The third kappa shape index (κ3) is 11.9. The number of hydrogen-bond acceptors (Lipinski definition) is 7. The maximum Gasteiger partial charge on any atom is 0.408 e. The molecule has 0 spiro atoms. The molecule has 0 radical (unpaired) electrons. The third-order valence-corrected chi connectivity index (χ3v) is 6.00. The minimum absolute atomic E-state index is 0.0266. The van der Waals surface area contributed by atoms with Gasteiger partial charge in [-0.1, -0.05) is 56.3 Å². The van der Waals surface area contributed by atoms with Crippen molar-refractivity contribution < 1.29 is 28.8 Å². The fourth-order valence-corrected chi connectivity index (χ4v) is 3.94. The van der Waals surface area contributed by atoms with Crippen molar-refractivity contribution in [3.8, 4) is 0 Å². The predicted octanol–water partition coefficient (Wildman–Crippen LogP) is 3.38. The van der Waals surface area contributed by atoms with Crippen LogP contribution in [0.25, 0.3) is 0 Å². The molecule has 2 aromatic carbocycles. The van der Waals surface area contributed by atoms with Crippen molar-refractivity contribution in [1.82, 2.24) is 21.3 Å². The van der Waals surface area contributed by atoms with Crippen molar-refractivity contribution >= 4 is 29.5 Å². The number of carbonyl (C=O) groups is 4. The molecular weight excluding hydrogens is 542 g/mol. The highest BCUT2D eigenvalue weighted by Gasteiger charge is 2.30. The van der Waals surface area contributed by atoms with E-state index in [0.717, 1.165) is 5.56 Å². The maximum absolute atomic E-state index is 13.4. The van der Waals surface area contributed by atoms with Gasteiger partial charge >= 0.3 is 6.09 Å². The van der Waals surface area contributed by atoms with Gasteiger partial charge < -0.3 is 26.0 Å². The van der Waals surface area contributed by atoms with Gasteiger partial charge in [-0.3, -0.25) is 24.5 Å². The molecule has 42 heavy (non-hydrogen) atoms. The molecule has 0 aliphatic carbocycles. The van der Waals surface area contributed by atoms with Gasteiger partial charge in [0.1, 0.15) is 23.7 Å². The van der Waals surface area contributed by atoms with E-state index in [2.05, 4.69) is 21.3 Å². The van der Waals surface area contributed by atoms with Gasteiger partial charge in [0, 0.05) is 25.1 Å². The number of hydrogen-bond donors (Lipinski definition) is 4. The summed E-state index contributed by atoms with van der Waals surface area (Å²) in [4.78, 5) is 62.1. The van der Waals surface area contributed by atoms with Gasteiger partial charge in [-0.2, -0.15) is 0 Å². The highest BCUT2D eigenvalue weighted by molar-refractivity contribution is 5.93. The number of nitrogens with one attached hydrogen (secondary N) is 4. The molecule has 0 saturated carbocycles. The monoisotopic (exact) mass is 583 g/mol. The lowest BCUT2D eigenvalue weighted by molar-refractivity contribution is -0.384. The van der Waals surface area contributed by atoms with Crippen molar-refractivity contribution in [2.45, 2.75) is 84.7 Å².